The number of para-hydroxylation sites is 1. The number of amides is 2. The van der Waals surface area contributed by atoms with Gasteiger partial charge in [-0.15, -0.1) is 0 Å². The molecule has 2 rings (SSSR count). The standard InChI is InChI=1S/C17H22N2O5/c1-3-24-14-9-5-4-7-12(14)16(21)19-10-6-8-13(19)15(20)18-11(2)17(22)23/h4-5,7,9,11,13H,3,6,8,10H2,1-2H3,(H,18,20)(H,22,23)/t11-,13?/m1/s1. The molecule has 0 radical (unpaired) electrons. The van der Waals surface area contributed by atoms with Crippen LogP contribution in [0, 0.1) is 0 Å². The zero-order valence-electron chi connectivity index (χ0n) is 13.8. The summed E-state index contributed by atoms with van der Waals surface area (Å²) in [6.07, 6.45) is 1.21. The maximum absolute atomic E-state index is 12.8. The van der Waals surface area contributed by atoms with Gasteiger partial charge < -0.3 is 20.1 Å². The minimum Gasteiger partial charge on any atom is -0.493 e. The third kappa shape index (κ3) is 3.84. The van der Waals surface area contributed by atoms with Crippen LogP contribution in [0.15, 0.2) is 24.3 Å². The third-order valence-corrected chi connectivity index (χ3v) is 3.96. The number of carboxylic acid groups (broad SMARTS) is 1. The molecule has 2 amide bonds. The van der Waals surface area contributed by atoms with Crippen molar-refractivity contribution in [3.05, 3.63) is 29.8 Å². The van der Waals surface area contributed by atoms with Gasteiger partial charge in [-0.1, -0.05) is 12.1 Å². The van der Waals surface area contributed by atoms with Gasteiger partial charge in [0, 0.05) is 6.54 Å². The number of carboxylic acids is 1. The van der Waals surface area contributed by atoms with Gasteiger partial charge >= 0.3 is 5.97 Å². The normalized spacial score (nSPS) is 18.1. The van der Waals surface area contributed by atoms with Crippen LogP contribution in [0.2, 0.25) is 0 Å². The molecule has 7 heteroatoms. The molecule has 1 saturated heterocycles. The molecule has 1 heterocycles. The van der Waals surface area contributed by atoms with E-state index in [-0.39, 0.29) is 5.91 Å². The van der Waals surface area contributed by atoms with Crippen LogP contribution in [0.4, 0.5) is 0 Å². The zero-order chi connectivity index (χ0) is 17.7. The van der Waals surface area contributed by atoms with Crippen LogP contribution >= 0.6 is 0 Å². The Morgan fingerprint density at radius 2 is 2.08 bits per heavy atom. The number of carbonyl (C=O) groups is 3. The number of benzene rings is 1. The molecule has 1 fully saturated rings. The summed E-state index contributed by atoms with van der Waals surface area (Å²) in [5.74, 6) is -1.35. The highest BCUT2D eigenvalue weighted by atomic mass is 16.5. The molecule has 2 atom stereocenters. The number of aliphatic carboxylic acids is 1. The van der Waals surface area contributed by atoms with Crippen molar-refractivity contribution in [1.82, 2.24) is 10.2 Å². The minimum atomic E-state index is -1.11. The highest BCUT2D eigenvalue weighted by Crippen LogP contribution is 2.25. The number of nitrogens with one attached hydrogen (secondary N) is 1. The smallest absolute Gasteiger partial charge is 0.325 e. The number of rotatable bonds is 6. The molecule has 0 bridgehead atoms. The average molecular weight is 334 g/mol. The Morgan fingerprint density at radius 3 is 2.75 bits per heavy atom. The molecule has 0 aromatic heterocycles. The van der Waals surface area contributed by atoms with Gasteiger partial charge in [0.05, 0.1) is 12.2 Å². The summed E-state index contributed by atoms with van der Waals surface area (Å²) in [5, 5.41) is 11.3. The van der Waals surface area contributed by atoms with Crippen LogP contribution in [0.3, 0.4) is 0 Å². The predicted octanol–water partition coefficient (Wildman–Crippen LogP) is 1.28. The number of carbonyl (C=O) groups excluding carboxylic acids is 2. The molecule has 0 saturated carbocycles. The van der Waals surface area contributed by atoms with Crippen molar-refractivity contribution in [2.45, 2.75) is 38.8 Å². The van der Waals surface area contributed by atoms with Crippen LogP contribution in [-0.2, 0) is 9.59 Å². The van der Waals surface area contributed by atoms with E-state index >= 15 is 0 Å². The van der Waals surface area contributed by atoms with E-state index in [0.717, 1.165) is 0 Å². The summed E-state index contributed by atoms with van der Waals surface area (Å²) >= 11 is 0. The molecule has 0 spiro atoms. The molecule has 1 aliphatic rings. The molecular weight excluding hydrogens is 312 g/mol. The SMILES string of the molecule is CCOc1ccccc1C(=O)N1CCCC1C(=O)N[C@H](C)C(=O)O. The van der Waals surface area contributed by atoms with Gasteiger partial charge in [-0.2, -0.15) is 0 Å². The van der Waals surface area contributed by atoms with Crippen molar-refractivity contribution in [3.63, 3.8) is 0 Å². The maximum Gasteiger partial charge on any atom is 0.325 e. The lowest BCUT2D eigenvalue weighted by atomic mass is 10.1. The molecule has 0 aliphatic carbocycles. The monoisotopic (exact) mass is 334 g/mol. The van der Waals surface area contributed by atoms with Gasteiger partial charge in [0.25, 0.3) is 5.91 Å². The first-order chi connectivity index (χ1) is 11.5. The van der Waals surface area contributed by atoms with Crippen molar-refractivity contribution in [2.75, 3.05) is 13.2 Å². The van der Waals surface area contributed by atoms with E-state index in [2.05, 4.69) is 5.32 Å². The Hall–Kier alpha value is -2.57. The van der Waals surface area contributed by atoms with Crippen molar-refractivity contribution >= 4 is 17.8 Å². The summed E-state index contributed by atoms with van der Waals surface area (Å²) in [6.45, 7) is 4.12. The largest absolute Gasteiger partial charge is 0.493 e. The van der Waals surface area contributed by atoms with Gasteiger partial charge in [0.2, 0.25) is 5.91 Å². The summed E-state index contributed by atoms with van der Waals surface area (Å²) in [4.78, 5) is 37.5. The van der Waals surface area contributed by atoms with E-state index in [1.54, 1.807) is 24.3 Å². The number of likely N-dealkylation sites (tertiary alicyclic amines) is 1. The minimum absolute atomic E-state index is 0.278. The Morgan fingerprint density at radius 1 is 1.38 bits per heavy atom. The third-order valence-electron chi connectivity index (χ3n) is 3.96. The molecule has 130 valence electrons. The topological polar surface area (TPSA) is 95.9 Å². The van der Waals surface area contributed by atoms with Gasteiger partial charge in [-0.05, 0) is 38.8 Å². The number of nitrogens with zero attached hydrogens (tertiary/aromatic N) is 1. The Labute approximate surface area is 140 Å². The Balaban J connectivity index is 2.16. The lowest BCUT2D eigenvalue weighted by Crippen LogP contribution is -2.50. The number of ether oxygens (including phenoxy) is 1. The first kappa shape index (κ1) is 17.8. The lowest BCUT2D eigenvalue weighted by molar-refractivity contribution is -0.141. The molecule has 2 N–H and O–H groups in total. The fraction of sp³-hybridized carbons (Fsp3) is 0.471. The highest BCUT2D eigenvalue weighted by molar-refractivity contribution is 6.00. The molecule has 1 aliphatic heterocycles. The van der Waals surface area contributed by atoms with E-state index in [0.29, 0.717) is 37.3 Å². The van der Waals surface area contributed by atoms with E-state index in [4.69, 9.17) is 9.84 Å². The Bertz CT molecular complexity index is 631. The second-order valence-corrected chi connectivity index (χ2v) is 5.65. The second kappa shape index (κ2) is 7.81. The molecule has 1 aromatic carbocycles. The van der Waals surface area contributed by atoms with Crippen LogP contribution < -0.4 is 10.1 Å². The average Bonchev–Trinajstić information content (AvgIpc) is 3.04. The van der Waals surface area contributed by atoms with Gasteiger partial charge in [-0.3, -0.25) is 14.4 Å². The van der Waals surface area contributed by atoms with Crippen molar-refractivity contribution in [2.24, 2.45) is 0 Å². The first-order valence-electron chi connectivity index (χ1n) is 8.01. The van der Waals surface area contributed by atoms with E-state index in [9.17, 15) is 14.4 Å². The fourth-order valence-electron chi connectivity index (χ4n) is 2.73. The second-order valence-electron chi connectivity index (χ2n) is 5.65. The lowest BCUT2D eigenvalue weighted by Gasteiger charge is -2.25. The van der Waals surface area contributed by atoms with E-state index < -0.39 is 24.0 Å². The van der Waals surface area contributed by atoms with Crippen LogP contribution in [0.5, 0.6) is 5.75 Å². The summed E-state index contributed by atoms with van der Waals surface area (Å²) in [5.41, 5.74) is 0.408. The molecular formula is C17H22N2O5. The highest BCUT2D eigenvalue weighted by Gasteiger charge is 2.36. The van der Waals surface area contributed by atoms with Crippen LogP contribution in [-0.4, -0.2) is 53.0 Å². The van der Waals surface area contributed by atoms with E-state index in [1.165, 1.54) is 11.8 Å². The zero-order valence-corrected chi connectivity index (χ0v) is 13.8. The van der Waals surface area contributed by atoms with Crippen LogP contribution in [0.1, 0.15) is 37.0 Å². The molecule has 1 unspecified atom stereocenters. The molecule has 24 heavy (non-hydrogen) atoms. The molecule has 1 aromatic rings. The van der Waals surface area contributed by atoms with Crippen molar-refractivity contribution in [1.29, 1.82) is 0 Å². The van der Waals surface area contributed by atoms with Gasteiger partial charge in [-0.25, -0.2) is 0 Å². The summed E-state index contributed by atoms with van der Waals surface area (Å²) in [7, 11) is 0. The number of hydrogen-bond donors (Lipinski definition) is 2. The van der Waals surface area contributed by atoms with Gasteiger partial charge in [0.1, 0.15) is 17.8 Å². The quantitative estimate of drug-likeness (QED) is 0.817. The maximum atomic E-state index is 12.8. The molecule has 7 nitrogen and oxygen atoms in total. The van der Waals surface area contributed by atoms with Gasteiger partial charge in [0.15, 0.2) is 0 Å². The van der Waals surface area contributed by atoms with Crippen LogP contribution in [0.25, 0.3) is 0 Å². The van der Waals surface area contributed by atoms with E-state index in [1.807, 2.05) is 6.92 Å². The Kier molecular flexibility index (Phi) is 5.78. The number of hydrogen-bond acceptors (Lipinski definition) is 4. The summed E-state index contributed by atoms with van der Waals surface area (Å²) < 4.78 is 5.48. The van der Waals surface area contributed by atoms with Crippen molar-refractivity contribution in [3.8, 4) is 5.75 Å². The summed E-state index contributed by atoms with van der Waals surface area (Å²) in [6, 6.07) is 5.26. The fourth-order valence-corrected chi connectivity index (χ4v) is 2.73. The predicted molar refractivity (Wildman–Crippen MR) is 86.9 cm³/mol. The van der Waals surface area contributed by atoms with Crippen molar-refractivity contribution < 1.29 is 24.2 Å². The first-order valence-corrected chi connectivity index (χ1v) is 8.01.